The van der Waals surface area contributed by atoms with E-state index in [9.17, 15) is 9.59 Å². The summed E-state index contributed by atoms with van der Waals surface area (Å²) in [5.74, 6) is 0.743. The van der Waals surface area contributed by atoms with Gasteiger partial charge in [0.25, 0.3) is 0 Å². The number of amides is 2. The molecule has 2 atom stereocenters. The van der Waals surface area contributed by atoms with E-state index in [4.69, 9.17) is 11.6 Å². The van der Waals surface area contributed by atoms with Gasteiger partial charge in [0.05, 0.1) is 5.75 Å². The Labute approximate surface area is 231 Å². The van der Waals surface area contributed by atoms with Crippen LogP contribution in [0.3, 0.4) is 0 Å². The first-order valence-corrected chi connectivity index (χ1v) is 14.4. The fourth-order valence-electron chi connectivity index (χ4n) is 3.72. The molecule has 0 fully saturated rings. The van der Waals surface area contributed by atoms with Crippen molar-refractivity contribution in [1.82, 2.24) is 10.2 Å². The number of hydrogen-bond acceptors (Lipinski definition) is 3. The molecule has 1 N–H and O–H groups in total. The topological polar surface area (TPSA) is 49.4 Å². The second kappa shape index (κ2) is 14.5. The molecule has 3 aromatic rings. The number of benzene rings is 3. The molecule has 0 saturated carbocycles. The van der Waals surface area contributed by atoms with E-state index in [2.05, 4.69) is 21.2 Å². The molecule has 2 unspecified atom stereocenters. The van der Waals surface area contributed by atoms with Crippen LogP contribution in [0, 0.1) is 0 Å². The molecule has 0 radical (unpaired) electrons. The van der Waals surface area contributed by atoms with Crippen LogP contribution in [0.1, 0.15) is 37.0 Å². The molecule has 190 valence electrons. The predicted octanol–water partition coefficient (Wildman–Crippen LogP) is 6.89. The average molecular weight is 588 g/mol. The van der Waals surface area contributed by atoms with Gasteiger partial charge in [0, 0.05) is 34.3 Å². The molecule has 0 spiro atoms. The summed E-state index contributed by atoms with van der Waals surface area (Å²) in [6.45, 7) is 4.27. The summed E-state index contributed by atoms with van der Waals surface area (Å²) in [7, 11) is 0. The largest absolute Gasteiger partial charge is 0.352 e. The zero-order valence-electron chi connectivity index (χ0n) is 20.6. The summed E-state index contributed by atoms with van der Waals surface area (Å²) in [6.07, 6.45) is 1.24. The van der Waals surface area contributed by atoms with E-state index in [1.165, 1.54) is 0 Å². The van der Waals surface area contributed by atoms with E-state index >= 15 is 0 Å². The predicted molar refractivity (Wildman–Crippen MR) is 154 cm³/mol. The monoisotopic (exact) mass is 586 g/mol. The van der Waals surface area contributed by atoms with Gasteiger partial charge in [0.15, 0.2) is 0 Å². The molecular formula is C29H32BrClN2O2S. The van der Waals surface area contributed by atoms with Gasteiger partial charge < -0.3 is 10.2 Å². The zero-order valence-corrected chi connectivity index (χ0v) is 23.8. The summed E-state index contributed by atoms with van der Waals surface area (Å²) in [4.78, 5) is 28.9. The first-order chi connectivity index (χ1) is 17.4. The van der Waals surface area contributed by atoms with Crippen molar-refractivity contribution in [3.8, 4) is 0 Å². The van der Waals surface area contributed by atoms with E-state index in [0.717, 1.165) is 27.6 Å². The van der Waals surface area contributed by atoms with Crippen molar-refractivity contribution in [1.29, 1.82) is 0 Å². The van der Waals surface area contributed by atoms with Gasteiger partial charge in [-0.1, -0.05) is 95.1 Å². The Morgan fingerprint density at radius 3 is 2.31 bits per heavy atom. The Bertz CT molecular complexity index is 1130. The minimum absolute atomic E-state index is 0.0137. The normalized spacial score (nSPS) is 12.6. The Morgan fingerprint density at radius 2 is 1.64 bits per heavy atom. The van der Waals surface area contributed by atoms with Crippen molar-refractivity contribution in [3.63, 3.8) is 0 Å². The molecule has 4 nitrogen and oxygen atoms in total. The fraction of sp³-hybridized carbons (Fsp3) is 0.310. The van der Waals surface area contributed by atoms with Crippen molar-refractivity contribution in [2.24, 2.45) is 0 Å². The number of nitrogens with zero attached hydrogens (tertiary/aromatic N) is 1. The molecule has 7 heteroatoms. The first kappa shape index (κ1) is 28.3. The highest BCUT2D eigenvalue weighted by Gasteiger charge is 2.31. The number of thioether (sulfide) groups is 1. The number of carbonyl (C=O) groups is 2. The Balaban J connectivity index is 1.86. The quantitative estimate of drug-likeness (QED) is 0.251. The Kier molecular flexibility index (Phi) is 11.4. The van der Waals surface area contributed by atoms with Gasteiger partial charge in [0.2, 0.25) is 11.8 Å². The molecule has 3 rings (SSSR count). The third-order valence-electron chi connectivity index (χ3n) is 5.98. The molecule has 0 aromatic heterocycles. The van der Waals surface area contributed by atoms with Gasteiger partial charge in [-0.15, -0.1) is 11.8 Å². The van der Waals surface area contributed by atoms with Gasteiger partial charge in [-0.3, -0.25) is 9.59 Å². The van der Waals surface area contributed by atoms with Crippen LogP contribution in [0.4, 0.5) is 0 Å². The molecule has 0 heterocycles. The number of carbonyl (C=O) groups excluding carboxylic acids is 2. The molecule has 2 amide bonds. The van der Waals surface area contributed by atoms with Crippen molar-refractivity contribution < 1.29 is 9.59 Å². The second-order valence-corrected chi connectivity index (χ2v) is 11.1. The molecule has 0 aliphatic carbocycles. The highest BCUT2D eigenvalue weighted by molar-refractivity contribution is 9.10. The van der Waals surface area contributed by atoms with Gasteiger partial charge in [0.1, 0.15) is 6.04 Å². The van der Waals surface area contributed by atoms with Crippen LogP contribution in [0.15, 0.2) is 83.3 Å². The number of nitrogens with one attached hydrogen (secondary N) is 1. The van der Waals surface area contributed by atoms with Crippen LogP contribution in [0.5, 0.6) is 0 Å². The van der Waals surface area contributed by atoms with Crippen LogP contribution >= 0.6 is 39.3 Å². The molecule has 0 aliphatic rings. The van der Waals surface area contributed by atoms with Crippen LogP contribution in [-0.4, -0.2) is 34.6 Å². The fourth-order valence-corrected chi connectivity index (χ4v) is 5.06. The second-order valence-electron chi connectivity index (χ2n) is 8.76. The molecule has 3 aromatic carbocycles. The van der Waals surface area contributed by atoms with Gasteiger partial charge >= 0.3 is 0 Å². The summed E-state index contributed by atoms with van der Waals surface area (Å²) in [6, 6.07) is 24.8. The zero-order chi connectivity index (χ0) is 25.9. The first-order valence-electron chi connectivity index (χ1n) is 12.1. The summed E-state index contributed by atoms with van der Waals surface area (Å²) in [5, 5.41) is 3.68. The lowest BCUT2D eigenvalue weighted by atomic mass is 10.0. The van der Waals surface area contributed by atoms with Gasteiger partial charge in [-0.05, 0) is 48.2 Å². The SMILES string of the molecule is CCC(C)NC(=O)C(Cc1ccccc1)N(Cc1ccccc1Cl)C(=O)CSCc1ccc(Br)cc1. The highest BCUT2D eigenvalue weighted by Crippen LogP contribution is 2.22. The molecule has 0 saturated heterocycles. The third-order valence-corrected chi connectivity index (χ3v) is 7.86. The molecule has 0 aliphatic heterocycles. The van der Waals surface area contributed by atoms with Crippen LogP contribution in [0.2, 0.25) is 5.02 Å². The van der Waals surface area contributed by atoms with Crippen molar-refractivity contribution in [2.45, 2.75) is 51.1 Å². The molecular weight excluding hydrogens is 556 g/mol. The lowest BCUT2D eigenvalue weighted by Gasteiger charge is -2.32. The standard InChI is InChI=1S/C29H32BrClN2O2S/c1-3-21(2)32-29(35)27(17-22-9-5-4-6-10-22)33(18-24-11-7-8-12-26(24)31)28(34)20-36-19-23-13-15-25(30)16-14-23/h4-16,21,27H,3,17-20H2,1-2H3,(H,32,35). The molecule has 0 bridgehead atoms. The minimum atomic E-state index is -0.654. The van der Waals surface area contributed by atoms with E-state index in [1.807, 2.05) is 92.7 Å². The van der Waals surface area contributed by atoms with Crippen LogP contribution < -0.4 is 5.32 Å². The Hall–Kier alpha value is -2.28. The number of rotatable bonds is 12. The van der Waals surface area contributed by atoms with Gasteiger partial charge in [-0.2, -0.15) is 0 Å². The van der Waals surface area contributed by atoms with E-state index in [0.29, 0.717) is 17.2 Å². The van der Waals surface area contributed by atoms with E-state index < -0.39 is 6.04 Å². The highest BCUT2D eigenvalue weighted by atomic mass is 79.9. The maximum Gasteiger partial charge on any atom is 0.243 e. The maximum absolute atomic E-state index is 13.7. The smallest absolute Gasteiger partial charge is 0.243 e. The molecule has 36 heavy (non-hydrogen) atoms. The van der Waals surface area contributed by atoms with Crippen LogP contribution in [-0.2, 0) is 28.3 Å². The number of hydrogen-bond donors (Lipinski definition) is 1. The number of halogens is 2. The summed E-state index contributed by atoms with van der Waals surface area (Å²) < 4.78 is 1.02. The lowest BCUT2D eigenvalue weighted by molar-refractivity contribution is -0.139. The van der Waals surface area contributed by atoms with E-state index in [-0.39, 0.29) is 30.2 Å². The maximum atomic E-state index is 13.7. The lowest BCUT2D eigenvalue weighted by Crippen LogP contribution is -2.52. The summed E-state index contributed by atoms with van der Waals surface area (Å²) in [5.41, 5.74) is 2.96. The van der Waals surface area contributed by atoms with Crippen molar-refractivity contribution >= 4 is 51.1 Å². The third kappa shape index (κ3) is 8.68. The van der Waals surface area contributed by atoms with Gasteiger partial charge in [-0.25, -0.2) is 0 Å². The van der Waals surface area contributed by atoms with Crippen molar-refractivity contribution in [3.05, 3.63) is 105 Å². The minimum Gasteiger partial charge on any atom is -0.352 e. The van der Waals surface area contributed by atoms with Crippen LogP contribution in [0.25, 0.3) is 0 Å². The summed E-state index contributed by atoms with van der Waals surface area (Å²) >= 11 is 11.5. The van der Waals surface area contributed by atoms with Crippen molar-refractivity contribution in [2.75, 3.05) is 5.75 Å². The van der Waals surface area contributed by atoms with E-state index in [1.54, 1.807) is 16.7 Å². The average Bonchev–Trinajstić information content (AvgIpc) is 2.88. The Morgan fingerprint density at radius 1 is 0.972 bits per heavy atom.